The summed E-state index contributed by atoms with van der Waals surface area (Å²) < 4.78 is 5.04. The van der Waals surface area contributed by atoms with Crippen molar-refractivity contribution in [2.75, 3.05) is 0 Å². The number of hydrogen-bond donors (Lipinski definition) is 3. The van der Waals surface area contributed by atoms with Gasteiger partial charge in [0, 0.05) is 0 Å². The molecule has 0 rings (SSSR count). The van der Waals surface area contributed by atoms with E-state index >= 15 is 0 Å². The fraction of sp³-hybridized carbons (Fsp3) is 0.750. The highest BCUT2D eigenvalue weighted by molar-refractivity contribution is 5.73. The van der Waals surface area contributed by atoms with Crippen molar-refractivity contribution in [1.82, 2.24) is 5.32 Å². The van der Waals surface area contributed by atoms with Gasteiger partial charge in [0.05, 0.1) is 5.60 Å². The van der Waals surface area contributed by atoms with Gasteiger partial charge in [0.1, 0.15) is 0 Å². The molecule has 2 atom stereocenters. The highest BCUT2D eigenvalue weighted by Crippen LogP contribution is 2.12. The molecular formula is C8H15NO5. The minimum atomic E-state index is -1.55. The van der Waals surface area contributed by atoms with Crippen molar-refractivity contribution in [2.45, 2.75) is 38.7 Å². The molecule has 14 heavy (non-hydrogen) atoms. The van der Waals surface area contributed by atoms with Crippen LogP contribution in [0.3, 0.4) is 0 Å². The molecule has 0 spiro atoms. The minimum absolute atomic E-state index is 0.215. The number of ether oxygens (including phenoxy) is 1. The maximum absolute atomic E-state index is 10.7. The van der Waals surface area contributed by atoms with Gasteiger partial charge in [-0.25, -0.2) is 4.79 Å². The van der Waals surface area contributed by atoms with E-state index in [9.17, 15) is 14.7 Å². The van der Waals surface area contributed by atoms with Crippen LogP contribution in [0, 0.1) is 0 Å². The molecule has 1 amide bonds. The van der Waals surface area contributed by atoms with Gasteiger partial charge in [0.25, 0.3) is 0 Å². The van der Waals surface area contributed by atoms with E-state index in [4.69, 9.17) is 9.84 Å². The fourth-order valence-corrected chi connectivity index (χ4v) is 0.788. The van der Waals surface area contributed by atoms with Crippen LogP contribution in [0.1, 0.15) is 20.8 Å². The zero-order chi connectivity index (χ0) is 11.4. The molecule has 0 fully saturated rings. The van der Waals surface area contributed by atoms with Crippen molar-refractivity contribution in [2.24, 2.45) is 0 Å². The van der Waals surface area contributed by atoms with E-state index in [1.54, 1.807) is 20.8 Å². The number of carbonyl (C=O) groups is 2. The van der Waals surface area contributed by atoms with Crippen molar-refractivity contribution >= 4 is 12.4 Å². The molecule has 2 unspecified atom stereocenters. The first-order valence-corrected chi connectivity index (χ1v) is 4.06. The van der Waals surface area contributed by atoms with Crippen LogP contribution in [-0.2, 0) is 14.3 Å². The molecular weight excluding hydrogens is 190 g/mol. The van der Waals surface area contributed by atoms with Crippen molar-refractivity contribution in [3.8, 4) is 0 Å². The van der Waals surface area contributed by atoms with Crippen LogP contribution < -0.4 is 5.32 Å². The molecule has 6 heteroatoms. The van der Waals surface area contributed by atoms with Crippen LogP contribution in [0.25, 0.3) is 0 Å². The second-order valence-electron chi connectivity index (χ2n) is 3.72. The van der Waals surface area contributed by atoms with Gasteiger partial charge < -0.3 is 20.3 Å². The van der Waals surface area contributed by atoms with E-state index in [0.717, 1.165) is 0 Å². The second-order valence-corrected chi connectivity index (χ2v) is 3.72. The van der Waals surface area contributed by atoms with Crippen LogP contribution in [0.15, 0.2) is 0 Å². The number of aliphatic hydroxyl groups is 1. The van der Waals surface area contributed by atoms with Crippen molar-refractivity contribution in [1.29, 1.82) is 0 Å². The molecule has 0 aliphatic heterocycles. The maximum atomic E-state index is 10.7. The van der Waals surface area contributed by atoms with E-state index in [2.05, 4.69) is 0 Å². The van der Waals surface area contributed by atoms with Crippen LogP contribution in [-0.4, -0.2) is 40.5 Å². The van der Waals surface area contributed by atoms with E-state index in [0.29, 0.717) is 0 Å². The second kappa shape index (κ2) is 4.92. The zero-order valence-corrected chi connectivity index (χ0v) is 8.35. The molecule has 0 bridgehead atoms. The Kier molecular flexibility index (Phi) is 4.52. The number of carbonyl (C=O) groups excluding carboxylic acids is 1. The van der Waals surface area contributed by atoms with Gasteiger partial charge in [0.15, 0.2) is 12.3 Å². The monoisotopic (exact) mass is 205 g/mol. The van der Waals surface area contributed by atoms with Gasteiger partial charge >= 0.3 is 5.97 Å². The van der Waals surface area contributed by atoms with E-state index in [-0.39, 0.29) is 6.41 Å². The zero-order valence-electron chi connectivity index (χ0n) is 8.35. The van der Waals surface area contributed by atoms with Gasteiger partial charge in [-0.3, -0.25) is 4.79 Å². The topological polar surface area (TPSA) is 95.9 Å². The molecule has 0 aliphatic carbocycles. The largest absolute Gasteiger partial charge is 0.479 e. The Hall–Kier alpha value is -1.14. The summed E-state index contributed by atoms with van der Waals surface area (Å²) in [6.07, 6.45) is -2.81. The summed E-state index contributed by atoms with van der Waals surface area (Å²) in [7, 11) is 0. The summed E-state index contributed by atoms with van der Waals surface area (Å²) in [5, 5.41) is 19.8. The quantitative estimate of drug-likeness (QED) is 0.408. The number of nitrogens with one attached hydrogen (secondary N) is 1. The molecule has 3 N–H and O–H groups in total. The molecule has 0 radical (unpaired) electrons. The normalized spacial score (nSPS) is 15.7. The smallest absolute Gasteiger partial charge is 0.337 e. The number of aliphatic hydroxyl groups excluding tert-OH is 1. The Morgan fingerprint density at radius 1 is 1.50 bits per heavy atom. The summed E-state index contributed by atoms with van der Waals surface area (Å²) >= 11 is 0. The number of hydrogen-bond acceptors (Lipinski definition) is 4. The predicted molar refractivity (Wildman–Crippen MR) is 47.5 cm³/mol. The molecule has 6 nitrogen and oxygen atoms in total. The van der Waals surface area contributed by atoms with E-state index in [1.807, 2.05) is 5.32 Å². The molecule has 0 aliphatic rings. The number of rotatable bonds is 5. The van der Waals surface area contributed by atoms with Crippen molar-refractivity contribution in [3.05, 3.63) is 0 Å². The lowest BCUT2D eigenvalue weighted by molar-refractivity contribution is -0.174. The van der Waals surface area contributed by atoms with E-state index < -0.39 is 23.9 Å². The Morgan fingerprint density at radius 3 is 2.29 bits per heavy atom. The van der Waals surface area contributed by atoms with Gasteiger partial charge in [-0.15, -0.1) is 0 Å². The average Bonchev–Trinajstić information content (AvgIpc) is 1.98. The van der Waals surface area contributed by atoms with E-state index in [1.165, 1.54) is 0 Å². The van der Waals surface area contributed by atoms with Gasteiger partial charge in [-0.05, 0) is 20.8 Å². The van der Waals surface area contributed by atoms with Crippen LogP contribution in [0.4, 0.5) is 0 Å². The summed E-state index contributed by atoms with van der Waals surface area (Å²) in [6, 6.07) is 0. The first-order valence-electron chi connectivity index (χ1n) is 4.06. The van der Waals surface area contributed by atoms with Gasteiger partial charge in [-0.2, -0.15) is 0 Å². The van der Waals surface area contributed by atoms with Crippen molar-refractivity contribution < 1.29 is 24.5 Å². The van der Waals surface area contributed by atoms with Crippen LogP contribution in [0.5, 0.6) is 0 Å². The van der Waals surface area contributed by atoms with Crippen molar-refractivity contribution in [3.63, 3.8) is 0 Å². The third kappa shape index (κ3) is 4.78. The summed E-state index contributed by atoms with van der Waals surface area (Å²) in [5.74, 6) is -1.33. The third-order valence-electron chi connectivity index (χ3n) is 1.25. The molecule has 0 heterocycles. The Balaban J connectivity index is 4.44. The lowest BCUT2D eigenvalue weighted by atomic mass is 10.1. The maximum Gasteiger partial charge on any atom is 0.337 e. The molecule has 0 aromatic heterocycles. The molecule has 0 aromatic rings. The average molecular weight is 205 g/mol. The Labute approximate surface area is 81.9 Å². The lowest BCUT2D eigenvalue weighted by Crippen LogP contribution is -2.48. The number of amides is 1. The van der Waals surface area contributed by atoms with Gasteiger partial charge in [-0.1, -0.05) is 0 Å². The molecule has 82 valence electrons. The predicted octanol–water partition coefficient (Wildman–Crippen LogP) is -0.681. The number of aliphatic carboxylic acids is 1. The standard InChI is InChI=1S/C8H15NO5/c1-8(2,3)14-5(7(12)13)6(11)9-4-10/h4-6,11H,1-3H3,(H,9,10)(H,12,13). The molecule has 0 aromatic carbocycles. The number of carboxylic acid groups (broad SMARTS) is 1. The Morgan fingerprint density at radius 2 is 2.00 bits per heavy atom. The van der Waals surface area contributed by atoms with Crippen LogP contribution >= 0.6 is 0 Å². The lowest BCUT2D eigenvalue weighted by Gasteiger charge is -2.27. The minimum Gasteiger partial charge on any atom is -0.479 e. The fourth-order valence-electron chi connectivity index (χ4n) is 0.788. The SMILES string of the molecule is CC(C)(C)OC(C(=O)O)C(O)NC=O. The highest BCUT2D eigenvalue weighted by atomic mass is 16.5. The Bertz CT molecular complexity index is 210. The summed E-state index contributed by atoms with van der Waals surface area (Å²) in [4.78, 5) is 20.6. The third-order valence-corrected chi connectivity index (χ3v) is 1.25. The first kappa shape index (κ1) is 12.9. The number of carboxylic acids is 1. The first-order chi connectivity index (χ1) is 6.28. The van der Waals surface area contributed by atoms with Crippen LogP contribution in [0.2, 0.25) is 0 Å². The molecule has 0 saturated carbocycles. The summed E-state index contributed by atoms with van der Waals surface area (Å²) in [5.41, 5.74) is -0.714. The highest BCUT2D eigenvalue weighted by Gasteiger charge is 2.31. The van der Waals surface area contributed by atoms with Gasteiger partial charge in [0.2, 0.25) is 6.41 Å². The molecule has 0 saturated heterocycles. The summed E-state index contributed by atoms with van der Waals surface area (Å²) in [6.45, 7) is 4.95.